The number of Topliss-reactive ketones (excluding diaryl/α,β-unsaturated/α-hetero) is 1. The predicted octanol–water partition coefficient (Wildman–Crippen LogP) is 2.58. The first-order chi connectivity index (χ1) is 7.28. The molecule has 0 aromatic rings. The smallest absolute Gasteiger partial charge is 0.139 e. The van der Waals surface area contributed by atoms with Crippen molar-refractivity contribution in [3.8, 4) is 0 Å². The van der Waals surface area contributed by atoms with Gasteiger partial charge in [0.25, 0.3) is 0 Å². The van der Waals surface area contributed by atoms with Gasteiger partial charge in [0, 0.05) is 26.1 Å². The van der Waals surface area contributed by atoms with Crippen LogP contribution in [0.25, 0.3) is 0 Å². The van der Waals surface area contributed by atoms with Crippen LogP contribution in [0, 0.1) is 5.92 Å². The van der Waals surface area contributed by atoms with Gasteiger partial charge in [0.2, 0.25) is 0 Å². The Morgan fingerprint density at radius 3 is 2.44 bits per heavy atom. The lowest BCUT2D eigenvalue weighted by molar-refractivity contribution is -0.129. The van der Waals surface area contributed by atoms with E-state index in [1.165, 1.54) is 0 Å². The Balaban J connectivity index is 2.56. The topological polar surface area (TPSA) is 35.5 Å². The molecule has 1 unspecified atom stereocenters. The summed E-state index contributed by atoms with van der Waals surface area (Å²) in [7, 11) is 1.66. The number of rotatable bonds is 5. The summed E-state index contributed by atoms with van der Waals surface area (Å²) in [5, 5.41) is 0. The highest BCUT2D eigenvalue weighted by molar-refractivity contribution is 5.82. The van der Waals surface area contributed by atoms with Gasteiger partial charge in [-0.05, 0) is 40.5 Å². The third-order valence-electron chi connectivity index (χ3n) is 3.23. The van der Waals surface area contributed by atoms with Gasteiger partial charge < -0.3 is 9.47 Å². The van der Waals surface area contributed by atoms with E-state index in [2.05, 4.69) is 13.8 Å². The first-order valence-electron chi connectivity index (χ1n) is 6.00. The largest absolute Gasteiger partial charge is 0.385 e. The van der Waals surface area contributed by atoms with Crippen LogP contribution in [0.4, 0.5) is 0 Å². The van der Waals surface area contributed by atoms with Crippen LogP contribution in [-0.2, 0) is 14.3 Å². The minimum absolute atomic E-state index is 0.0272. The molecule has 0 amide bonds. The van der Waals surface area contributed by atoms with Gasteiger partial charge in [-0.3, -0.25) is 4.79 Å². The summed E-state index contributed by atoms with van der Waals surface area (Å²) >= 11 is 0. The Morgan fingerprint density at radius 1 is 1.38 bits per heavy atom. The Morgan fingerprint density at radius 2 is 2.00 bits per heavy atom. The normalized spacial score (nSPS) is 26.9. The zero-order valence-corrected chi connectivity index (χ0v) is 11.1. The monoisotopic (exact) mass is 228 g/mol. The van der Waals surface area contributed by atoms with Crippen molar-refractivity contribution in [2.24, 2.45) is 5.92 Å². The highest BCUT2D eigenvalue weighted by Gasteiger charge is 2.48. The summed E-state index contributed by atoms with van der Waals surface area (Å²) in [6, 6.07) is 0. The molecular formula is C13H24O3. The quantitative estimate of drug-likeness (QED) is 0.678. The van der Waals surface area contributed by atoms with E-state index in [0.29, 0.717) is 18.8 Å². The van der Waals surface area contributed by atoms with E-state index in [9.17, 15) is 4.79 Å². The third kappa shape index (κ3) is 3.29. The number of carbonyl (C=O) groups is 1. The lowest BCUT2D eigenvalue weighted by Gasteiger charge is -2.26. The van der Waals surface area contributed by atoms with E-state index in [1.807, 2.05) is 13.8 Å². The van der Waals surface area contributed by atoms with Crippen molar-refractivity contribution in [3.63, 3.8) is 0 Å². The van der Waals surface area contributed by atoms with Gasteiger partial charge in [-0.1, -0.05) is 0 Å². The maximum Gasteiger partial charge on any atom is 0.139 e. The molecule has 1 fully saturated rings. The van der Waals surface area contributed by atoms with Gasteiger partial charge in [0.05, 0.1) is 11.2 Å². The Kier molecular flexibility index (Phi) is 4.13. The average molecular weight is 228 g/mol. The minimum Gasteiger partial charge on any atom is -0.385 e. The highest BCUT2D eigenvalue weighted by atomic mass is 16.5. The van der Waals surface area contributed by atoms with Crippen LogP contribution in [0.1, 0.15) is 47.0 Å². The first-order valence-corrected chi connectivity index (χ1v) is 6.00. The van der Waals surface area contributed by atoms with E-state index in [-0.39, 0.29) is 17.1 Å². The lowest BCUT2D eigenvalue weighted by Crippen LogP contribution is -2.33. The fourth-order valence-corrected chi connectivity index (χ4v) is 2.63. The number of hydrogen-bond donors (Lipinski definition) is 0. The summed E-state index contributed by atoms with van der Waals surface area (Å²) in [4.78, 5) is 12.1. The number of hydrogen-bond acceptors (Lipinski definition) is 3. The summed E-state index contributed by atoms with van der Waals surface area (Å²) < 4.78 is 10.9. The molecule has 1 saturated heterocycles. The average Bonchev–Trinajstić information content (AvgIpc) is 2.34. The van der Waals surface area contributed by atoms with E-state index < -0.39 is 0 Å². The SMILES string of the molecule is COCCCC(=O)C1CC(C)(C)OC1(C)C. The Bertz CT molecular complexity index is 256. The molecule has 0 radical (unpaired) electrons. The van der Waals surface area contributed by atoms with E-state index in [0.717, 1.165) is 12.8 Å². The minimum atomic E-state index is -0.326. The summed E-state index contributed by atoms with van der Waals surface area (Å²) in [6.07, 6.45) is 2.23. The van der Waals surface area contributed by atoms with E-state index in [1.54, 1.807) is 7.11 Å². The van der Waals surface area contributed by atoms with Crippen LogP contribution in [0.15, 0.2) is 0 Å². The summed E-state index contributed by atoms with van der Waals surface area (Å²) in [5.74, 6) is 0.340. The summed E-state index contributed by atoms with van der Waals surface area (Å²) in [5.41, 5.74) is -0.501. The van der Waals surface area contributed by atoms with Crippen molar-refractivity contribution in [1.29, 1.82) is 0 Å². The molecule has 16 heavy (non-hydrogen) atoms. The van der Waals surface area contributed by atoms with Crippen molar-refractivity contribution in [2.75, 3.05) is 13.7 Å². The van der Waals surface area contributed by atoms with Gasteiger partial charge in [-0.15, -0.1) is 0 Å². The fourth-order valence-electron chi connectivity index (χ4n) is 2.63. The molecular weight excluding hydrogens is 204 g/mol. The van der Waals surface area contributed by atoms with Crippen molar-refractivity contribution in [1.82, 2.24) is 0 Å². The van der Waals surface area contributed by atoms with Crippen molar-refractivity contribution in [3.05, 3.63) is 0 Å². The molecule has 0 aromatic carbocycles. The maximum absolute atomic E-state index is 12.1. The molecule has 0 saturated carbocycles. The van der Waals surface area contributed by atoms with Crippen LogP contribution in [0.2, 0.25) is 0 Å². The van der Waals surface area contributed by atoms with Crippen molar-refractivity contribution in [2.45, 2.75) is 58.2 Å². The van der Waals surface area contributed by atoms with Gasteiger partial charge in [0.1, 0.15) is 5.78 Å². The molecule has 0 spiro atoms. The second-order valence-electron chi connectivity index (χ2n) is 5.78. The molecule has 3 heteroatoms. The molecule has 1 atom stereocenters. The molecule has 1 rings (SSSR count). The second-order valence-corrected chi connectivity index (χ2v) is 5.78. The number of ether oxygens (including phenoxy) is 2. The molecule has 1 heterocycles. The zero-order valence-electron chi connectivity index (χ0n) is 11.1. The van der Waals surface area contributed by atoms with Gasteiger partial charge in [0.15, 0.2) is 0 Å². The Labute approximate surface area is 98.5 Å². The molecule has 0 bridgehead atoms. The number of methoxy groups -OCH3 is 1. The van der Waals surface area contributed by atoms with Crippen LogP contribution in [-0.4, -0.2) is 30.7 Å². The molecule has 94 valence electrons. The van der Waals surface area contributed by atoms with Crippen LogP contribution in [0.5, 0.6) is 0 Å². The highest BCUT2D eigenvalue weighted by Crippen LogP contribution is 2.42. The second kappa shape index (κ2) is 4.84. The molecule has 0 aliphatic carbocycles. The van der Waals surface area contributed by atoms with Gasteiger partial charge in [-0.25, -0.2) is 0 Å². The molecule has 0 aromatic heterocycles. The fraction of sp³-hybridized carbons (Fsp3) is 0.923. The van der Waals surface area contributed by atoms with E-state index >= 15 is 0 Å². The Hall–Kier alpha value is -0.410. The number of carbonyl (C=O) groups excluding carboxylic acids is 1. The standard InChI is InChI=1S/C13H24O3/c1-12(2)9-10(13(3,4)16-12)11(14)7-6-8-15-5/h10H,6-9H2,1-5H3. The maximum atomic E-state index is 12.1. The predicted molar refractivity (Wildman–Crippen MR) is 63.5 cm³/mol. The lowest BCUT2D eigenvalue weighted by atomic mass is 9.82. The first kappa shape index (κ1) is 13.7. The molecule has 0 N–H and O–H groups in total. The van der Waals surface area contributed by atoms with Gasteiger partial charge >= 0.3 is 0 Å². The molecule has 3 nitrogen and oxygen atoms in total. The summed E-state index contributed by atoms with van der Waals surface area (Å²) in [6.45, 7) is 8.79. The third-order valence-corrected chi connectivity index (χ3v) is 3.23. The van der Waals surface area contributed by atoms with Crippen LogP contribution in [0.3, 0.4) is 0 Å². The van der Waals surface area contributed by atoms with E-state index in [4.69, 9.17) is 9.47 Å². The molecule has 1 aliphatic heterocycles. The van der Waals surface area contributed by atoms with Gasteiger partial charge in [-0.2, -0.15) is 0 Å². The number of ketones is 1. The van der Waals surface area contributed by atoms with Crippen molar-refractivity contribution < 1.29 is 14.3 Å². The molecule has 1 aliphatic rings. The van der Waals surface area contributed by atoms with Crippen LogP contribution >= 0.6 is 0 Å². The van der Waals surface area contributed by atoms with Crippen LogP contribution < -0.4 is 0 Å². The zero-order chi connectivity index (χ0) is 12.4. The van der Waals surface area contributed by atoms with Crippen molar-refractivity contribution >= 4 is 5.78 Å².